The van der Waals surface area contributed by atoms with Crippen LogP contribution in [0.1, 0.15) is 26.3 Å². The number of anilines is 2. The Labute approximate surface area is 169 Å². The van der Waals surface area contributed by atoms with Gasteiger partial charge in [0.15, 0.2) is 11.5 Å². The van der Waals surface area contributed by atoms with Crippen LogP contribution in [0.15, 0.2) is 42.5 Å². The third-order valence-electron chi connectivity index (χ3n) is 3.51. The predicted molar refractivity (Wildman–Crippen MR) is 112 cm³/mol. The molecule has 0 spiro atoms. The van der Waals surface area contributed by atoms with Crippen molar-refractivity contribution in [3.63, 3.8) is 0 Å². The standard InChI is InChI=1S/C21H23ClN2O4/c1-13(2)28-21-18(22)11-15(12-19(21)27-4)5-10-20(26)24-17-8-6-16(7-9-17)23-14(3)25/h5-13H,1-4H3,(H,23,25)(H,24,26)/b10-5+. The normalized spacial score (nSPS) is 10.8. The summed E-state index contributed by atoms with van der Waals surface area (Å²) in [6.07, 6.45) is 2.99. The van der Waals surface area contributed by atoms with Crippen LogP contribution in [0.5, 0.6) is 11.5 Å². The highest BCUT2D eigenvalue weighted by Gasteiger charge is 2.12. The molecule has 0 aliphatic heterocycles. The van der Waals surface area contributed by atoms with Crippen LogP contribution >= 0.6 is 11.6 Å². The molecule has 0 saturated heterocycles. The zero-order chi connectivity index (χ0) is 20.7. The number of amides is 2. The molecule has 28 heavy (non-hydrogen) atoms. The molecule has 2 aromatic rings. The minimum atomic E-state index is -0.301. The lowest BCUT2D eigenvalue weighted by atomic mass is 10.1. The Morgan fingerprint density at radius 1 is 1.07 bits per heavy atom. The van der Waals surface area contributed by atoms with Crippen molar-refractivity contribution in [1.82, 2.24) is 0 Å². The number of benzene rings is 2. The summed E-state index contributed by atoms with van der Waals surface area (Å²) in [5, 5.41) is 5.81. The molecule has 2 amide bonds. The topological polar surface area (TPSA) is 76.7 Å². The lowest BCUT2D eigenvalue weighted by Crippen LogP contribution is -2.09. The fraction of sp³-hybridized carbons (Fsp3) is 0.238. The number of nitrogens with one attached hydrogen (secondary N) is 2. The van der Waals surface area contributed by atoms with Crippen LogP contribution in [0, 0.1) is 0 Å². The van der Waals surface area contributed by atoms with Crippen molar-refractivity contribution >= 4 is 40.9 Å². The van der Waals surface area contributed by atoms with Gasteiger partial charge in [-0.2, -0.15) is 0 Å². The van der Waals surface area contributed by atoms with Gasteiger partial charge >= 0.3 is 0 Å². The van der Waals surface area contributed by atoms with Crippen LogP contribution in [0.2, 0.25) is 5.02 Å². The molecule has 148 valence electrons. The first-order valence-electron chi connectivity index (χ1n) is 8.69. The van der Waals surface area contributed by atoms with Crippen molar-refractivity contribution in [2.45, 2.75) is 26.9 Å². The highest BCUT2D eigenvalue weighted by atomic mass is 35.5. The second kappa shape index (κ2) is 9.80. The summed E-state index contributed by atoms with van der Waals surface area (Å²) in [5.41, 5.74) is 1.97. The Morgan fingerprint density at radius 3 is 2.21 bits per heavy atom. The number of halogens is 1. The Bertz CT molecular complexity index is 877. The first kappa shape index (κ1) is 21.3. The molecule has 0 saturated carbocycles. The summed E-state index contributed by atoms with van der Waals surface area (Å²) in [4.78, 5) is 23.2. The maximum Gasteiger partial charge on any atom is 0.248 e. The van der Waals surface area contributed by atoms with Gasteiger partial charge in [0.2, 0.25) is 11.8 Å². The molecule has 0 radical (unpaired) electrons. The molecule has 0 aliphatic rings. The van der Waals surface area contributed by atoms with E-state index < -0.39 is 0 Å². The van der Waals surface area contributed by atoms with Crippen molar-refractivity contribution in [1.29, 1.82) is 0 Å². The fourth-order valence-electron chi connectivity index (χ4n) is 2.38. The molecule has 2 N–H and O–H groups in total. The Hall–Kier alpha value is -2.99. The third kappa shape index (κ3) is 6.32. The average Bonchev–Trinajstić information content (AvgIpc) is 2.62. The zero-order valence-corrected chi connectivity index (χ0v) is 17.0. The minimum absolute atomic E-state index is 0.0457. The Balaban J connectivity index is 2.07. The maximum absolute atomic E-state index is 12.1. The van der Waals surface area contributed by atoms with Gasteiger partial charge in [-0.1, -0.05) is 11.6 Å². The second-order valence-electron chi connectivity index (χ2n) is 6.28. The van der Waals surface area contributed by atoms with Crippen LogP contribution in [0.4, 0.5) is 11.4 Å². The van der Waals surface area contributed by atoms with Gasteiger partial charge in [0.25, 0.3) is 0 Å². The molecule has 6 nitrogen and oxygen atoms in total. The van der Waals surface area contributed by atoms with Gasteiger partial charge in [0, 0.05) is 24.4 Å². The first-order valence-corrected chi connectivity index (χ1v) is 9.07. The van der Waals surface area contributed by atoms with Crippen molar-refractivity contribution in [2.75, 3.05) is 17.7 Å². The first-order chi connectivity index (χ1) is 13.3. The van der Waals surface area contributed by atoms with Crippen molar-refractivity contribution < 1.29 is 19.1 Å². The van der Waals surface area contributed by atoms with Gasteiger partial charge in [0.1, 0.15) is 0 Å². The molecule has 0 heterocycles. The number of hydrogen-bond acceptors (Lipinski definition) is 4. The van der Waals surface area contributed by atoms with E-state index in [-0.39, 0.29) is 17.9 Å². The van der Waals surface area contributed by atoms with Crippen molar-refractivity contribution in [3.05, 3.63) is 53.1 Å². The van der Waals surface area contributed by atoms with E-state index in [2.05, 4.69) is 10.6 Å². The quantitative estimate of drug-likeness (QED) is 0.655. The van der Waals surface area contributed by atoms with Gasteiger partial charge in [-0.05, 0) is 61.9 Å². The van der Waals surface area contributed by atoms with E-state index in [1.54, 1.807) is 42.5 Å². The largest absolute Gasteiger partial charge is 0.493 e. The maximum atomic E-state index is 12.1. The van der Waals surface area contributed by atoms with Gasteiger partial charge in [-0.15, -0.1) is 0 Å². The van der Waals surface area contributed by atoms with E-state index in [4.69, 9.17) is 21.1 Å². The molecule has 0 fully saturated rings. The summed E-state index contributed by atoms with van der Waals surface area (Å²) in [6, 6.07) is 10.3. The van der Waals surface area contributed by atoms with Crippen LogP contribution in [-0.4, -0.2) is 25.0 Å². The third-order valence-corrected chi connectivity index (χ3v) is 3.79. The van der Waals surface area contributed by atoms with Gasteiger partial charge < -0.3 is 20.1 Å². The lowest BCUT2D eigenvalue weighted by molar-refractivity contribution is -0.114. The highest BCUT2D eigenvalue weighted by Crippen LogP contribution is 2.37. The van der Waals surface area contributed by atoms with Crippen LogP contribution in [0.3, 0.4) is 0 Å². The van der Waals surface area contributed by atoms with Crippen molar-refractivity contribution in [2.24, 2.45) is 0 Å². The number of ether oxygens (including phenoxy) is 2. The summed E-state index contributed by atoms with van der Waals surface area (Å²) in [6.45, 7) is 5.23. The molecule has 0 atom stereocenters. The summed E-state index contributed by atoms with van der Waals surface area (Å²) >= 11 is 6.28. The van der Waals surface area contributed by atoms with E-state index >= 15 is 0 Å². The van der Waals surface area contributed by atoms with Crippen LogP contribution in [-0.2, 0) is 9.59 Å². The van der Waals surface area contributed by atoms with Gasteiger partial charge in [0.05, 0.1) is 18.2 Å². The molecule has 2 aromatic carbocycles. The summed E-state index contributed by atoms with van der Waals surface area (Å²) < 4.78 is 11.0. The van der Waals surface area contributed by atoms with Crippen LogP contribution < -0.4 is 20.1 Å². The van der Waals surface area contributed by atoms with Gasteiger partial charge in [-0.3, -0.25) is 9.59 Å². The lowest BCUT2D eigenvalue weighted by Gasteiger charge is -2.15. The van der Waals surface area contributed by atoms with E-state index in [1.807, 2.05) is 13.8 Å². The van der Waals surface area contributed by atoms with Crippen molar-refractivity contribution in [3.8, 4) is 11.5 Å². The Kier molecular flexibility index (Phi) is 7.46. The number of methoxy groups -OCH3 is 1. The average molecular weight is 403 g/mol. The number of hydrogen-bond donors (Lipinski definition) is 2. The fourth-order valence-corrected chi connectivity index (χ4v) is 2.65. The molecular weight excluding hydrogens is 380 g/mol. The summed E-state index contributed by atoms with van der Waals surface area (Å²) in [7, 11) is 1.53. The molecule has 2 rings (SSSR count). The van der Waals surface area contributed by atoms with Gasteiger partial charge in [-0.25, -0.2) is 0 Å². The number of rotatable bonds is 7. The number of carbonyl (C=O) groups is 2. The monoisotopic (exact) mass is 402 g/mol. The SMILES string of the molecule is COc1cc(/C=C/C(=O)Nc2ccc(NC(C)=O)cc2)cc(Cl)c1OC(C)C. The van der Waals surface area contributed by atoms with E-state index in [1.165, 1.54) is 20.1 Å². The molecule has 0 aromatic heterocycles. The molecule has 0 aliphatic carbocycles. The number of carbonyl (C=O) groups excluding carboxylic acids is 2. The molecule has 0 bridgehead atoms. The van der Waals surface area contributed by atoms with Crippen LogP contribution in [0.25, 0.3) is 6.08 Å². The zero-order valence-electron chi connectivity index (χ0n) is 16.2. The second-order valence-corrected chi connectivity index (χ2v) is 6.69. The minimum Gasteiger partial charge on any atom is -0.493 e. The molecule has 7 heteroatoms. The summed E-state index contributed by atoms with van der Waals surface area (Å²) in [5.74, 6) is 0.512. The van der Waals surface area contributed by atoms with E-state index in [9.17, 15) is 9.59 Å². The highest BCUT2D eigenvalue weighted by molar-refractivity contribution is 6.32. The van der Waals surface area contributed by atoms with E-state index in [0.29, 0.717) is 33.5 Å². The molecule has 0 unspecified atom stereocenters. The molecular formula is C21H23ClN2O4. The van der Waals surface area contributed by atoms with E-state index in [0.717, 1.165) is 0 Å². The smallest absolute Gasteiger partial charge is 0.248 e. The predicted octanol–water partition coefficient (Wildman–Crippen LogP) is 4.75. The Morgan fingerprint density at radius 2 is 1.68 bits per heavy atom.